The van der Waals surface area contributed by atoms with Gasteiger partial charge in [0.25, 0.3) is 0 Å². The van der Waals surface area contributed by atoms with Gasteiger partial charge >= 0.3 is 0 Å². The van der Waals surface area contributed by atoms with Crippen molar-refractivity contribution in [2.45, 2.75) is 27.2 Å². The van der Waals surface area contributed by atoms with Gasteiger partial charge in [0, 0.05) is 24.5 Å². The molecule has 0 aliphatic carbocycles. The maximum absolute atomic E-state index is 3.93. The van der Waals surface area contributed by atoms with Gasteiger partial charge in [0.15, 0.2) is 0 Å². The first kappa shape index (κ1) is 12.1. The van der Waals surface area contributed by atoms with Gasteiger partial charge in [-0.25, -0.2) is 0 Å². The summed E-state index contributed by atoms with van der Waals surface area (Å²) < 4.78 is 0. The second-order valence-electron chi connectivity index (χ2n) is 3.49. The molecule has 0 fully saturated rings. The third-order valence-corrected chi connectivity index (χ3v) is 1.98. The lowest BCUT2D eigenvalue weighted by Crippen LogP contribution is -2.27. The molecule has 0 aromatic heterocycles. The summed E-state index contributed by atoms with van der Waals surface area (Å²) >= 11 is 0. The average molecular weight is 182 g/mol. The Hall–Kier alpha value is -0.920. The van der Waals surface area contributed by atoms with Gasteiger partial charge in [0.1, 0.15) is 0 Å². The summed E-state index contributed by atoms with van der Waals surface area (Å²) in [5, 5.41) is 6.49. The predicted octanol–water partition coefficient (Wildman–Crippen LogP) is 2.26. The van der Waals surface area contributed by atoms with Crippen LogP contribution >= 0.6 is 0 Å². The van der Waals surface area contributed by atoms with Crippen molar-refractivity contribution in [3.05, 3.63) is 24.6 Å². The van der Waals surface area contributed by atoms with Gasteiger partial charge in [-0.1, -0.05) is 33.9 Å². The Balaban J connectivity index is 3.36. The molecule has 0 bridgehead atoms. The molecule has 0 rings (SSSR count). The van der Waals surface area contributed by atoms with E-state index in [4.69, 9.17) is 0 Å². The Kier molecular flexibility index (Phi) is 6.11. The molecule has 0 aromatic rings. The molecule has 0 heterocycles. The molecule has 2 nitrogen and oxygen atoms in total. The van der Waals surface area contributed by atoms with E-state index in [9.17, 15) is 0 Å². The molecule has 0 aliphatic rings. The molecular weight excluding hydrogens is 160 g/mol. The highest BCUT2D eigenvalue weighted by molar-refractivity contribution is 4.95. The van der Waals surface area contributed by atoms with Gasteiger partial charge in [-0.3, -0.25) is 0 Å². The van der Waals surface area contributed by atoms with Crippen LogP contribution in [0.3, 0.4) is 0 Å². The number of hydrogen-bond donors (Lipinski definition) is 2. The average Bonchev–Trinajstić information content (AvgIpc) is 2.11. The van der Waals surface area contributed by atoms with Gasteiger partial charge in [-0.2, -0.15) is 0 Å². The minimum atomic E-state index is 0.509. The minimum Gasteiger partial charge on any atom is -0.387 e. The second kappa shape index (κ2) is 6.58. The normalized spacial score (nSPS) is 9.85. The molecule has 13 heavy (non-hydrogen) atoms. The van der Waals surface area contributed by atoms with Crippen molar-refractivity contribution < 1.29 is 0 Å². The van der Waals surface area contributed by atoms with Crippen molar-refractivity contribution in [3.63, 3.8) is 0 Å². The summed E-state index contributed by atoms with van der Waals surface area (Å²) in [6, 6.07) is 0. The van der Waals surface area contributed by atoms with Gasteiger partial charge < -0.3 is 10.6 Å². The number of hydrogen-bond acceptors (Lipinski definition) is 2. The van der Waals surface area contributed by atoms with Gasteiger partial charge in [-0.05, 0) is 12.3 Å². The van der Waals surface area contributed by atoms with E-state index in [1.54, 1.807) is 0 Å². The molecule has 0 radical (unpaired) electrons. The van der Waals surface area contributed by atoms with E-state index in [-0.39, 0.29) is 0 Å². The van der Waals surface area contributed by atoms with E-state index in [1.807, 2.05) is 0 Å². The summed E-state index contributed by atoms with van der Waals surface area (Å²) in [5.74, 6) is 0.509. The van der Waals surface area contributed by atoms with Crippen LogP contribution in [0.15, 0.2) is 24.6 Å². The molecule has 0 saturated carbocycles. The van der Waals surface area contributed by atoms with Crippen LogP contribution in [0.4, 0.5) is 0 Å². The van der Waals surface area contributed by atoms with Gasteiger partial charge in [0.2, 0.25) is 0 Å². The first-order chi connectivity index (χ1) is 6.07. The monoisotopic (exact) mass is 182 g/mol. The zero-order valence-corrected chi connectivity index (χ0v) is 9.11. The van der Waals surface area contributed by atoms with E-state index in [0.29, 0.717) is 5.92 Å². The second-order valence-corrected chi connectivity index (χ2v) is 3.49. The van der Waals surface area contributed by atoms with Gasteiger partial charge in [0.05, 0.1) is 0 Å². The highest BCUT2D eigenvalue weighted by Gasteiger charge is 1.97. The standard InChI is InChI=1S/C11H22N2/c1-6-10(4)12-7-8-13-11(5)9(2)3/h9,12-13H,4-8H2,1-3H3. The maximum Gasteiger partial charge on any atom is 0.0317 e. The van der Waals surface area contributed by atoms with Crippen LogP contribution in [-0.2, 0) is 0 Å². The van der Waals surface area contributed by atoms with Gasteiger partial charge in [-0.15, -0.1) is 0 Å². The molecule has 0 amide bonds. The zero-order valence-electron chi connectivity index (χ0n) is 9.11. The van der Waals surface area contributed by atoms with Crippen LogP contribution in [0, 0.1) is 5.92 Å². The summed E-state index contributed by atoms with van der Waals surface area (Å²) in [5.41, 5.74) is 2.20. The van der Waals surface area contributed by atoms with Crippen molar-refractivity contribution in [1.29, 1.82) is 0 Å². The number of rotatable bonds is 7. The third-order valence-electron chi connectivity index (χ3n) is 1.98. The summed E-state index contributed by atoms with van der Waals surface area (Å²) in [7, 11) is 0. The minimum absolute atomic E-state index is 0.509. The number of allylic oxidation sites excluding steroid dienone is 2. The maximum atomic E-state index is 3.93. The summed E-state index contributed by atoms with van der Waals surface area (Å²) in [6.07, 6.45) is 0.991. The highest BCUT2D eigenvalue weighted by atomic mass is 15.0. The molecule has 0 aliphatic heterocycles. The lowest BCUT2D eigenvalue weighted by atomic mass is 10.1. The van der Waals surface area contributed by atoms with Crippen molar-refractivity contribution in [2.75, 3.05) is 13.1 Å². The van der Waals surface area contributed by atoms with Crippen LogP contribution in [0.1, 0.15) is 27.2 Å². The summed E-state index contributed by atoms with van der Waals surface area (Å²) in [4.78, 5) is 0. The molecule has 0 aromatic carbocycles. The van der Waals surface area contributed by atoms with Crippen molar-refractivity contribution in [1.82, 2.24) is 10.6 Å². The van der Waals surface area contributed by atoms with Crippen LogP contribution in [0.2, 0.25) is 0 Å². The first-order valence-electron chi connectivity index (χ1n) is 4.92. The quantitative estimate of drug-likeness (QED) is 0.590. The van der Waals surface area contributed by atoms with Crippen molar-refractivity contribution >= 4 is 0 Å². The van der Waals surface area contributed by atoms with Crippen LogP contribution < -0.4 is 10.6 Å². The molecular formula is C11H22N2. The fourth-order valence-electron chi connectivity index (χ4n) is 0.791. The van der Waals surface area contributed by atoms with E-state index in [0.717, 1.165) is 30.9 Å². The smallest absolute Gasteiger partial charge is 0.0317 e. The molecule has 0 saturated heterocycles. The van der Waals surface area contributed by atoms with E-state index < -0.39 is 0 Å². The van der Waals surface area contributed by atoms with E-state index >= 15 is 0 Å². The number of nitrogens with one attached hydrogen (secondary N) is 2. The summed E-state index contributed by atoms with van der Waals surface area (Å²) in [6.45, 7) is 16.0. The van der Waals surface area contributed by atoms with E-state index in [2.05, 4.69) is 44.6 Å². The van der Waals surface area contributed by atoms with Crippen molar-refractivity contribution in [2.24, 2.45) is 5.92 Å². The van der Waals surface area contributed by atoms with Crippen LogP contribution in [-0.4, -0.2) is 13.1 Å². The van der Waals surface area contributed by atoms with Crippen molar-refractivity contribution in [3.8, 4) is 0 Å². The Labute approximate surface area is 82.1 Å². The molecule has 2 N–H and O–H groups in total. The molecule has 2 heteroatoms. The highest BCUT2D eigenvalue weighted by Crippen LogP contribution is 2.00. The molecule has 0 atom stereocenters. The Morgan fingerprint density at radius 2 is 1.69 bits per heavy atom. The lowest BCUT2D eigenvalue weighted by Gasteiger charge is -2.13. The largest absolute Gasteiger partial charge is 0.387 e. The molecule has 76 valence electrons. The first-order valence-corrected chi connectivity index (χ1v) is 4.92. The topological polar surface area (TPSA) is 24.1 Å². The lowest BCUT2D eigenvalue weighted by molar-refractivity contribution is 0.632. The van der Waals surface area contributed by atoms with Crippen LogP contribution in [0.25, 0.3) is 0 Å². The Bertz CT molecular complexity index is 171. The molecule has 0 spiro atoms. The third kappa shape index (κ3) is 6.26. The predicted molar refractivity (Wildman–Crippen MR) is 59.4 cm³/mol. The van der Waals surface area contributed by atoms with Crippen LogP contribution in [0.5, 0.6) is 0 Å². The zero-order chi connectivity index (χ0) is 10.3. The fraction of sp³-hybridized carbons (Fsp3) is 0.636. The van der Waals surface area contributed by atoms with E-state index in [1.165, 1.54) is 0 Å². The SMILES string of the molecule is C=C(CC)NCCNC(=C)C(C)C. The fourth-order valence-corrected chi connectivity index (χ4v) is 0.791. The Morgan fingerprint density at radius 1 is 1.15 bits per heavy atom. The Morgan fingerprint density at radius 3 is 2.15 bits per heavy atom. The molecule has 0 unspecified atom stereocenters.